The SMILES string of the molecule is CN1CCC(CN(C)Cc2cccc3c2NCC3)CC1.Cl. The topological polar surface area (TPSA) is 18.5 Å². The summed E-state index contributed by atoms with van der Waals surface area (Å²) in [5.74, 6) is 0.876. The molecule has 3 nitrogen and oxygen atoms in total. The zero-order valence-electron chi connectivity index (χ0n) is 13.3. The van der Waals surface area contributed by atoms with Crippen molar-refractivity contribution in [3.63, 3.8) is 0 Å². The van der Waals surface area contributed by atoms with Gasteiger partial charge in [-0.05, 0) is 63.5 Å². The third-order valence-electron chi connectivity index (χ3n) is 4.78. The van der Waals surface area contributed by atoms with E-state index in [9.17, 15) is 0 Å². The van der Waals surface area contributed by atoms with Crippen LogP contribution in [0, 0.1) is 5.92 Å². The van der Waals surface area contributed by atoms with Crippen molar-refractivity contribution in [1.29, 1.82) is 0 Å². The molecule has 3 rings (SSSR count). The Hall–Kier alpha value is -0.770. The summed E-state index contributed by atoms with van der Waals surface area (Å²) in [4.78, 5) is 4.95. The van der Waals surface area contributed by atoms with Crippen LogP contribution in [0.25, 0.3) is 0 Å². The van der Waals surface area contributed by atoms with Crippen molar-refractivity contribution in [2.75, 3.05) is 45.6 Å². The first-order chi connectivity index (χ1) is 9.72. The Bertz CT molecular complexity index is 455. The average Bonchev–Trinajstić information content (AvgIpc) is 2.91. The van der Waals surface area contributed by atoms with Gasteiger partial charge in [-0.15, -0.1) is 12.4 Å². The second-order valence-corrected chi connectivity index (χ2v) is 6.57. The predicted octanol–water partition coefficient (Wildman–Crippen LogP) is 2.85. The van der Waals surface area contributed by atoms with Gasteiger partial charge < -0.3 is 15.1 Å². The van der Waals surface area contributed by atoms with E-state index in [1.165, 1.54) is 55.7 Å². The summed E-state index contributed by atoms with van der Waals surface area (Å²) in [5, 5.41) is 3.55. The molecule has 0 aliphatic carbocycles. The van der Waals surface area contributed by atoms with Crippen molar-refractivity contribution in [3.8, 4) is 0 Å². The molecule has 1 aromatic carbocycles. The average molecular weight is 310 g/mol. The van der Waals surface area contributed by atoms with Gasteiger partial charge in [0, 0.05) is 25.3 Å². The number of rotatable bonds is 4. The van der Waals surface area contributed by atoms with Gasteiger partial charge in [-0.2, -0.15) is 0 Å². The van der Waals surface area contributed by atoms with E-state index in [0.717, 1.165) is 19.0 Å². The summed E-state index contributed by atoms with van der Waals surface area (Å²) in [6.45, 7) is 5.94. The summed E-state index contributed by atoms with van der Waals surface area (Å²) in [5.41, 5.74) is 4.37. The molecule has 2 aliphatic heterocycles. The van der Waals surface area contributed by atoms with E-state index in [4.69, 9.17) is 0 Å². The summed E-state index contributed by atoms with van der Waals surface area (Å²) in [7, 11) is 4.51. The third kappa shape index (κ3) is 4.12. The fourth-order valence-electron chi connectivity index (χ4n) is 3.58. The largest absolute Gasteiger partial charge is 0.384 e. The van der Waals surface area contributed by atoms with E-state index in [1.807, 2.05) is 0 Å². The lowest BCUT2D eigenvalue weighted by atomic mass is 9.96. The molecule has 0 unspecified atom stereocenters. The van der Waals surface area contributed by atoms with E-state index in [2.05, 4.69) is 47.4 Å². The maximum Gasteiger partial charge on any atom is 0.0419 e. The highest BCUT2D eigenvalue weighted by Crippen LogP contribution is 2.27. The van der Waals surface area contributed by atoms with Crippen LogP contribution in [0.2, 0.25) is 0 Å². The molecule has 0 saturated carbocycles. The van der Waals surface area contributed by atoms with Crippen LogP contribution in [0.3, 0.4) is 0 Å². The van der Waals surface area contributed by atoms with E-state index in [0.29, 0.717) is 0 Å². The molecule has 0 aromatic heterocycles. The first-order valence-corrected chi connectivity index (χ1v) is 7.94. The molecule has 1 N–H and O–H groups in total. The molecule has 0 radical (unpaired) electrons. The molecular formula is C17H28ClN3. The van der Waals surface area contributed by atoms with Crippen molar-refractivity contribution >= 4 is 18.1 Å². The minimum absolute atomic E-state index is 0. The van der Waals surface area contributed by atoms with Crippen LogP contribution < -0.4 is 5.32 Å². The van der Waals surface area contributed by atoms with Crippen LogP contribution in [0.5, 0.6) is 0 Å². The quantitative estimate of drug-likeness (QED) is 0.922. The Morgan fingerprint density at radius 2 is 2.05 bits per heavy atom. The monoisotopic (exact) mass is 309 g/mol. The number of piperidine rings is 1. The molecule has 0 atom stereocenters. The van der Waals surface area contributed by atoms with Gasteiger partial charge in [-0.1, -0.05) is 18.2 Å². The van der Waals surface area contributed by atoms with E-state index in [1.54, 1.807) is 0 Å². The van der Waals surface area contributed by atoms with Crippen LogP contribution in [0.15, 0.2) is 18.2 Å². The number of nitrogens with one attached hydrogen (secondary N) is 1. The maximum atomic E-state index is 3.55. The first-order valence-electron chi connectivity index (χ1n) is 7.94. The standard InChI is InChI=1S/C17H27N3.ClH/c1-19-10-7-14(8-11-19)12-20(2)13-16-5-3-4-15-6-9-18-17(15)16;/h3-5,14,18H,6-13H2,1-2H3;1H. The normalized spacial score (nSPS) is 19.2. The number of fused-ring (bicyclic) bond motifs is 1. The lowest BCUT2D eigenvalue weighted by Gasteiger charge is -2.31. The van der Waals surface area contributed by atoms with Gasteiger partial charge >= 0.3 is 0 Å². The molecule has 118 valence electrons. The van der Waals surface area contributed by atoms with E-state index < -0.39 is 0 Å². The molecule has 2 aliphatic rings. The van der Waals surface area contributed by atoms with Gasteiger partial charge in [0.1, 0.15) is 0 Å². The Morgan fingerprint density at radius 3 is 2.81 bits per heavy atom. The van der Waals surface area contributed by atoms with Gasteiger partial charge in [-0.25, -0.2) is 0 Å². The molecule has 4 heteroatoms. The number of nitrogens with zero attached hydrogens (tertiary/aromatic N) is 2. The molecule has 1 fully saturated rings. The van der Waals surface area contributed by atoms with Crippen molar-refractivity contribution < 1.29 is 0 Å². The minimum atomic E-state index is 0. The number of halogens is 1. The molecule has 21 heavy (non-hydrogen) atoms. The maximum absolute atomic E-state index is 3.55. The van der Waals surface area contributed by atoms with Crippen LogP contribution in [0.1, 0.15) is 24.0 Å². The van der Waals surface area contributed by atoms with Crippen LogP contribution in [-0.2, 0) is 13.0 Å². The Morgan fingerprint density at radius 1 is 1.29 bits per heavy atom. The van der Waals surface area contributed by atoms with Crippen LogP contribution in [-0.4, -0.2) is 50.1 Å². The first kappa shape index (κ1) is 16.6. The summed E-state index contributed by atoms with van der Waals surface area (Å²) in [6.07, 6.45) is 3.89. The minimum Gasteiger partial charge on any atom is -0.384 e. The van der Waals surface area contributed by atoms with Gasteiger partial charge in [0.15, 0.2) is 0 Å². The smallest absolute Gasteiger partial charge is 0.0419 e. The van der Waals surface area contributed by atoms with E-state index in [-0.39, 0.29) is 12.4 Å². The fraction of sp³-hybridized carbons (Fsp3) is 0.647. The van der Waals surface area contributed by atoms with Crippen molar-refractivity contribution in [1.82, 2.24) is 9.80 Å². The second kappa shape index (κ2) is 7.48. The lowest BCUT2D eigenvalue weighted by molar-refractivity contribution is 0.173. The van der Waals surface area contributed by atoms with Gasteiger partial charge in [0.05, 0.1) is 0 Å². The van der Waals surface area contributed by atoms with Crippen LogP contribution in [0.4, 0.5) is 5.69 Å². The number of likely N-dealkylation sites (tertiary alicyclic amines) is 1. The number of benzene rings is 1. The van der Waals surface area contributed by atoms with Gasteiger partial charge in [0.2, 0.25) is 0 Å². The van der Waals surface area contributed by atoms with Crippen LogP contribution >= 0.6 is 12.4 Å². The Kier molecular flexibility index (Phi) is 5.91. The van der Waals surface area contributed by atoms with Crippen molar-refractivity contribution in [3.05, 3.63) is 29.3 Å². The fourth-order valence-corrected chi connectivity index (χ4v) is 3.58. The molecule has 0 amide bonds. The van der Waals surface area contributed by atoms with E-state index >= 15 is 0 Å². The number of anilines is 1. The third-order valence-corrected chi connectivity index (χ3v) is 4.78. The Balaban J connectivity index is 0.00000161. The molecule has 1 saturated heterocycles. The molecular weight excluding hydrogens is 282 g/mol. The van der Waals surface area contributed by atoms with Gasteiger partial charge in [-0.3, -0.25) is 0 Å². The highest BCUT2D eigenvalue weighted by molar-refractivity contribution is 5.85. The summed E-state index contributed by atoms with van der Waals surface area (Å²) < 4.78 is 0. The number of hydrogen-bond acceptors (Lipinski definition) is 3. The Labute approximate surface area is 135 Å². The zero-order valence-corrected chi connectivity index (χ0v) is 14.1. The zero-order chi connectivity index (χ0) is 13.9. The van der Waals surface area contributed by atoms with Crippen molar-refractivity contribution in [2.45, 2.75) is 25.8 Å². The summed E-state index contributed by atoms with van der Waals surface area (Å²) >= 11 is 0. The lowest BCUT2D eigenvalue weighted by Crippen LogP contribution is -2.35. The molecule has 0 spiro atoms. The summed E-state index contributed by atoms with van der Waals surface area (Å²) in [6, 6.07) is 6.75. The second-order valence-electron chi connectivity index (χ2n) is 6.57. The van der Waals surface area contributed by atoms with Crippen molar-refractivity contribution in [2.24, 2.45) is 5.92 Å². The number of hydrogen-bond donors (Lipinski definition) is 1. The predicted molar refractivity (Wildman–Crippen MR) is 92.4 cm³/mol. The molecule has 2 heterocycles. The molecule has 0 bridgehead atoms. The van der Waals surface area contributed by atoms with Gasteiger partial charge in [0.25, 0.3) is 0 Å². The highest BCUT2D eigenvalue weighted by Gasteiger charge is 2.19. The number of para-hydroxylation sites is 1. The molecule has 1 aromatic rings. The highest BCUT2D eigenvalue weighted by atomic mass is 35.5.